The van der Waals surface area contributed by atoms with E-state index in [0.717, 1.165) is 0 Å². The minimum atomic E-state index is 0. The zero-order valence-corrected chi connectivity index (χ0v) is 8.57. The van der Waals surface area contributed by atoms with E-state index >= 15 is 0 Å². The van der Waals surface area contributed by atoms with Gasteiger partial charge in [0.15, 0.2) is 0 Å². The number of benzene rings is 1. The molecule has 0 aliphatic carbocycles. The Balaban J connectivity index is 0.000000490. The molecule has 0 nitrogen and oxygen atoms in total. The Morgan fingerprint density at radius 3 is 1.75 bits per heavy atom. The van der Waals surface area contributed by atoms with E-state index in [-0.39, 0.29) is 45.5 Å². The largest absolute Gasteiger partial charge is 0.0622 e. The molecule has 0 aromatic heterocycles. The topological polar surface area (TPSA) is 0 Å². The molecule has 0 saturated heterocycles. The average Bonchev–Trinajstić information content (AvgIpc) is 1.69. The predicted molar refractivity (Wildman–Crippen MR) is 36.9 cm³/mol. The molecular formula is C7H8Sr. The molecule has 0 spiro atoms. The maximum Gasteiger partial charge on any atom is 0 e. The summed E-state index contributed by atoms with van der Waals surface area (Å²) in [6, 6.07) is 10.3. The third-order valence-corrected chi connectivity index (χ3v) is 0.940. The number of hydrogen-bond acceptors (Lipinski definition) is 0. The van der Waals surface area contributed by atoms with E-state index in [4.69, 9.17) is 0 Å². The third kappa shape index (κ3) is 2.88. The molecule has 38 valence electrons. The van der Waals surface area contributed by atoms with Gasteiger partial charge in [-0.15, -0.1) is 0 Å². The molecule has 2 radical (unpaired) electrons. The van der Waals surface area contributed by atoms with E-state index in [0.29, 0.717) is 0 Å². The fraction of sp³-hybridized carbons (Fsp3) is 0.143. The van der Waals surface area contributed by atoms with Crippen LogP contribution in [0.2, 0.25) is 0 Å². The monoisotopic (exact) mass is 180 g/mol. The van der Waals surface area contributed by atoms with Crippen molar-refractivity contribution >= 4 is 45.5 Å². The predicted octanol–water partition coefficient (Wildman–Crippen LogP) is 1.61. The van der Waals surface area contributed by atoms with Crippen LogP contribution in [0, 0.1) is 6.92 Å². The summed E-state index contributed by atoms with van der Waals surface area (Å²) in [5.74, 6) is 0. The second-order valence-corrected chi connectivity index (χ2v) is 1.65. The SMILES string of the molecule is Cc1ccccc1.[Sr]. The van der Waals surface area contributed by atoms with Crippen molar-refractivity contribution in [1.82, 2.24) is 0 Å². The van der Waals surface area contributed by atoms with Gasteiger partial charge in [0.1, 0.15) is 0 Å². The van der Waals surface area contributed by atoms with Crippen LogP contribution in [0.4, 0.5) is 0 Å². The first-order chi connectivity index (χ1) is 3.39. The molecule has 1 rings (SSSR count). The van der Waals surface area contributed by atoms with Crippen LogP contribution in [0.3, 0.4) is 0 Å². The molecule has 0 heterocycles. The summed E-state index contributed by atoms with van der Waals surface area (Å²) in [4.78, 5) is 0. The molecule has 0 fully saturated rings. The Labute approximate surface area is 87.2 Å². The van der Waals surface area contributed by atoms with Crippen LogP contribution in [-0.2, 0) is 0 Å². The van der Waals surface area contributed by atoms with E-state index in [2.05, 4.69) is 19.1 Å². The summed E-state index contributed by atoms with van der Waals surface area (Å²) in [7, 11) is 0. The summed E-state index contributed by atoms with van der Waals surface area (Å²) in [5, 5.41) is 0. The van der Waals surface area contributed by atoms with Crippen LogP contribution in [-0.4, -0.2) is 45.5 Å². The van der Waals surface area contributed by atoms with Gasteiger partial charge in [-0.25, -0.2) is 0 Å². The van der Waals surface area contributed by atoms with E-state index in [9.17, 15) is 0 Å². The molecule has 1 heteroatoms. The average molecular weight is 180 g/mol. The van der Waals surface area contributed by atoms with Gasteiger partial charge in [0.05, 0.1) is 0 Å². The summed E-state index contributed by atoms with van der Waals surface area (Å²) >= 11 is 0. The zero-order chi connectivity index (χ0) is 5.11. The minimum Gasteiger partial charge on any atom is -0.0622 e. The summed E-state index contributed by atoms with van der Waals surface area (Å²) < 4.78 is 0. The summed E-state index contributed by atoms with van der Waals surface area (Å²) in [5.41, 5.74) is 1.32. The van der Waals surface area contributed by atoms with Crippen molar-refractivity contribution in [2.24, 2.45) is 0 Å². The zero-order valence-electron chi connectivity index (χ0n) is 5.09. The van der Waals surface area contributed by atoms with Crippen molar-refractivity contribution in [2.75, 3.05) is 0 Å². The van der Waals surface area contributed by atoms with Crippen LogP contribution in [0.25, 0.3) is 0 Å². The second kappa shape index (κ2) is 4.57. The van der Waals surface area contributed by atoms with Gasteiger partial charge in [-0.2, -0.15) is 0 Å². The van der Waals surface area contributed by atoms with Gasteiger partial charge in [-0.1, -0.05) is 35.9 Å². The first kappa shape index (κ1) is 8.70. The van der Waals surface area contributed by atoms with Gasteiger partial charge < -0.3 is 0 Å². The molecule has 0 atom stereocenters. The van der Waals surface area contributed by atoms with Gasteiger partial charge >= 0.3 is 0 Å². The smallest absolute Gasteiger partial charge is 0 e. The van der Waals surface area contributed by atoms with E-state index in [1.54, 1.807) is 0 Å². The standard InChI is InChI=1S/C7H8.Sr/c1-7-5-3-2-4-6-7;/h2-6H,1H3;. The maximum absolute atomic E-state index is 2.08. The summed E-state index contributed by atoms with van der Waals surface area (Å²) in [6.07, 6.45) is 0. The molecule has 8 heavy (non-hydrogen) atoms. The van der Waals surface area contributed by atoms with Crippen molar-refractivity contribution < 1.29 is 0 Å². The number of aryl methyl sites for hydroxylation is 1. The molecule has 0 aliphatic rings. The van der Waals surface area contributed by atoms with Crippen molar-refractivity contribution in [2.45, 2.75) is 6.92 Å². The van der Waals surface area contributed by atoms with Gasteiger partial charge in [0.25, 0.3) is 0 Å². The molecule has 0 N–H and O–H groups in total. The summed E-state index contributed by atoms with van der Waals surface area (Å²) in [6.45, 7) is 2.08. The fourth-order valence-electron chi connectivity index (χ4n) is 0.534. The Kier molecular flexibility index (Phi) is 4.97. The van der Waals surface area contributed by atoms with E-state index in [1.807, 2.05) is 18.2 Å². The maximum atomic E-state index is 2.08. The van der Waals surface area contributed by atoms with Gasteiger partial charge in [0.2, 0.25) is 0 Å². The molecule has 0 amide bonds. The first-order valence-corrected chi connectivity index (χ1v) is 2.41. The molecule has 0 aliphatic heterocycles. The van der Waals surface area contributed by atoms with Crippen LogP contribution < -0.4 is 0 Å². The fourth-order valence-corrected chi connectivity index (χ4v) is 0.534. The molecule has 0 bridgehead atoms. The van der Waals surface area contributed by atoms with Crippen molar-refractivity contribution in [3.8, 4) is 0 Å². The normalized spacial score (nSPS) is 7.62. The van der Waals surface area contributed by atoms with Crippen LogP contribution >= 0.6 is 0 Å². The Morgan fingerprint density at radius 1 is 1.00 bits per heavy atom. The Bertz CT molecular complexity index is 134. The van der Waals surface area contributed by atoms with E-state index in [1.165, 1.54) is 5.56 Å². The molecule has 1 aromatic rings. The quantitative estimate of drug-likeness (QED) is 0.531. The van der Waals surface area contributed by atoms with Gasteiger partial charge in [-0.05, 0) is 6.92 Å². The Hall–Kier alpha value is 0.701. The molecule has 0 saturated carbocycles. The minimum absolute atomic E-state index is 0. The third-order valence-electron chi connectivity index (χ3n) is 0.940. The molecule has 0 unspecified atom stereocenters. The molecule has 1 aromatic carbocycles. The van der Waals surface area contributed by atoms with Gasteiger partial charge in [-0.3, -0.25) is 0 Å². The van der Waals surface area contributed by atoms with Crippen molar-refractivity contribution in [3.05, 3.63) is 35.9 Å². The van der Waals surface area contributed by atoms with Crippen molar-refractivity contribution in [3.63, 3.8) is 0 Å². The van der Waals surface area contributed by atoms with Crippen LogP contribution in [0.15, 0.2) is 30.3 Å². The van der Waals surface area contributed by atoms with Crippen LogP contribution in [0.5, 0.6) is 0 Å². The van der Waals surface area contributed by atoms with Crippen LogP contribution in [0.1, 0.15) is 5.56 Å². The van der Waals surface area contributed by atoms with Gasteiger partial charge in [0, 0.05) is 45.5 Å². The molecular weight excluding hydrogens is 172 g/mol. The number of rotatable bonds is 0. The second-order valence-electron chi connectivity index (χ2n) is 1.65. The first-order valence-electron chi connectivity index (χ1n) is 2.41. The van der Waals surface area contributed by atoms with Crippen molar-refractivity contribution in [1.29, 1.82) is 0 Å². The Morgan fingerprint density at radius 2 is 1.50 bits per heavy atom. The van der Waals surface area contributed by atoms with E-state index < -0.39 is 0 Å². The number of hydrogen-bond donors (Lipinski definition) is 0.